The second-order valence-electron chi connectivity index (χ2n) is 8.15. The molecule has 1 aliphatic heterocycles. The lowest BCUT2D eigenvalue weighted by Gasteiger charge is -2.22. The number of methoxy groups -OCH3 is 1. The summed E-state index contributed by atoms with van der Waals surface area (Å²) in [6.45, 7) is 2.01. The Morgan fingerprint density at radius 3 is 2.60 bits per heavy atom. The van der Waals surface area contributed by atoms with Crippen molar-refractivity contribution in [2.24, 2.45) is 5.10 Å². The number of carbonyl (C=O) groups is 1. The van der Waals surface area contributed by atoms with Crippen molar-refractivity contribution in [3.8, 4) is 11.4 Å². The van der Waals surface area contributed by atoms with Crippen LogP contribution in [0.3, 0.4) is 0 Å². The van der Waals surface area contributed by atoms with Crippen molar-refractivity contribution >= 4 is 23.4 Å². The molecule has 0 aliphatic carbocycles. The van der Waals surface area contributed by atoms with Gasteiger partial charge >= 0.3 is 0 Å². The largest absolute Gasteiger partial charge is 0.497 e. The maximum atomic E-state index is 13.4. The average molecular weight is 485 g/mol. The normalized spacial score (nSPS) is 15.2. The van der Waals surface area contributed by atoms with Gasteiger partial charge in [-0.2, -0.15) is 9.78 Å². The lowest BCUT2D eigenvalue weighted by molar-refractivity contribution is -0.130. The molecule has 0 fully saturated rings. The van der Waals surface area contributed by atoms with E-state index in [0.717, 1.165) is 33.8 Å². The Kier molecular flexibility index (Phi) is 6.58. The number of benzene rings is 3. The molecule has 0 radical (unpaired) electrons. The molecule has 1 aromatic heterocycles. The van der Waals surface area contributed by atoms with Crippen LogP contribution in [0.1, 0.15) is 29.2 Å². The topological polar surface area (TPSA) is 85.5 Å². The molecule has 1 amide bonds. The highest BCUT2D eigenvalue weighted by Crippen LogP contribution is 2.34. The first-order valence-electron chi connectivity index (χ1n) is 11.2. The van der Waals surface area contributed by atoms with E-state index in [1.807, 2.05) is 85.8 Å². The SMILES string of the molecule is COc1ccc([C@H]2CC(c3ccccc3)=NN2C(=O)CSc2nnnn2-c2cccc(C)c2)cc1. The number of ether oxygens (including phenoxy) is 1. The minimum atomic E-state index is -0.197. The van der Waals surface area contributed by atoms with Gasteiger partial charge in [0, 0.05) is 6.42 Å². The maximum Gasteiger partial charge on any atom is 0.253 e. The number of aryl methyl sites for hydroxylation is 1. The summed E-state index contributed by atoms with van der Waals surface area (Å²) in [5, 5.41) is 18.9. The van der Waals surface area contributed by atoms with Crippen molar-refractivity contribution < 1.29 is 9.53 Å². The quantitative estimate of drug-likeness (QED) is 0.360. The summed E-state index contributed by atoms with van der Waals surface area (Å²) in [6, 6.07) is 25.4. The van der Waals surface area contributed by atoms with Gasteiger partial charge in [-0.3, -0.25) is 4.79 Å². The van der Waals surface area contributed by atoms with Gasteiger partial charge in [-0.25, -0.2) is 5.01 Å². The summed E-state index contributed by atoms with van der Waals surface area (Å²) in [5.41, 5.74) is 4.86. The summed E-state index contributed by atoms with van der Waals surface area (Å²) in [6.07, 6.45) is 0.633. The Hall–Kier alpha value is -3.98. The van der Waals surface area contributed by atoms with E-state index in [-0.39, 0.29) is 17.7 Å². The van der Waals surface area contributed by atoms with Gasteiger partial charge in [0.2, 0.25) is 5.16 Å². The zero-order valence-electron chi connectivity index (χ0n) is 19.4. The van der Waals surface area contributed by atoms with Crippen molar-refractivity contribution in [1.82, 2.24) is 25.2 Å². The second-order valence-corrected chi connectivity index (χ2v) is 9.09. The molecule has 2 heterocycles. The number of thioether (sulfide) groups is 1. The molecule has 1 aliphatic rings. The van der Waals surface area contributed by atoms with Crippen LogP contribution in [0.4, 0.5) is 0 Å². The first-order valence-corrected chi connectivity index (χ1v) is 12.2. The summed E-state index contributed by atoms with van der Waals surface area (Å²) < 4.78 is 6.95. The number of tetrazole rings is 1. The first kappa shape index (κ1) is 22.8. The van der Waals surface area contributed by atoms with Gasteiger partial charge in [0.1, 0.15) is 5.75 Å². The molecule has 0 unspecified atom stereocenters. The number of rotatable bonds is 7. The third-order valence-electron chi connectivity index (χ3n) is 5.79. The highest BCUT2D eigenvalue weighted by molar-refractivity contribution is 7.99. The molecule has 0 N–H and O–H groups in total. The zero-order chi connectivity index (χ0) is 24.2. The Morgan fingerprint density at radius 1 is 1.06 bits per heavy atom. The van der Waals surface area contributed by atoms with Crippen LogP contribution in [0.25, 0.3) is 5.69 Å². The van der Waals surface area contributed by atoms with Gasteiger partial charge in [0.15, 0.2) is 0 Å². The van der Waals surface area contributed by atoms with Crippen LogP contribution in [0.2, 0.25) is 0 Å². The van der Waals surface area contributed by atoms with Gasteiger partial charge in [0.05, 0.1) is 30.3 Å². The van der Waals surface area contributed by atoms with Crippen LogP contribution in [0, 0.1) is 6.92 Å². The fourth-order valence-electron chi connectivity index (χ4n) is 4.01. The molecule has 3 aromatic carbocycles. The summed E-state index contributed by atoms with van der Waals surface area (Å²) >= 11 is 1.30. The molecular weight excluding hydrogens is 460 g/mol. The molecule has 0 spiro atoms. The summed E-state index contributed by atoms with van der Waals surface area (Å²) in [7, 11) is 1.64. The molecule has 5 rings (SSSR count). The van der Waals surface area contributed by atoms with Gasteiger partial charge in [-0.05, 0) is 58.3 Å². The molecule has 0 saturated heterocycles. The van der Waals surface area contributed by atoms with E-state index < -0.39 is 0 Å². The lowest BCUT2D eigenvalue weighted by Crippen LogP contribution is -2.28. The zero-order valence-corrected chi connectivity index (χ0v) is 20.2. The number of hydrazone groups is 1. The molecule has 0 saturated carbocycles. The molecule has 35 heavy (non-hydrogen) atoms. The van der Waals surface area contributed by atoms with Crippen LogP contribution >= 0.6 is 11.8 Å². The van der Waals surface area contributed by atoms with Crippen LogP contribution in [0.5, 0.6) is 5.75 Å². The number of nitrogens with zero attached hydrogens (tertiary/aromatic N) is 6. The lowest BCUT2D eigenvalue weighted by atomic mass is 9.98. The highest BCUT2D eigenvalue weighted by Gasteiger charge is 2.33. The molecule has 8 nitrogen and oxygen atoms in total. The molecule has 4 aromatic rings. The Labute approximate surface area is 207 Å². The second kappa shape index (κ2) is 10.1. The van der Waals surface area contributed by atoms with Gasteiger partial charge in [-0.1, -0.05) is 66.4 Å². The van der Waals surface area contributed by atoms with E-state index in [0.29, 0.717) is 11.6 Å². The predicted molar refractivity (Wildman–Crippen MR) is 135 cm³/mol. The highest BCUT2D eigenvalue weighted by atomic mass is 32.2. The van der Waals surface area contributed by atoms with E-state index in [2.05, 4.69) is 15.5 Å². The fraction of sp³-hybridized carbons (Fsp3) is 0.192. The minimum absolute atomic E-state index is 0.111. The standard InChI is InChI=1S/C26H24N6O2S/c1-18-7-6-10-21(15-18)31-26(27-29-30-31)35-17-25(33)32-24(20-11-13-22(34-2)14-12-20)16-23(28-32)19-8-4-3-5-9-19/h3-15,24H,16-17H2,1-2H3/t24-/m1/s1. The number of carbonyl (C=O) groups excluding carboxylic acids is 1. The van der Waals surface area contributed by atoms with Crippen molar-refractivity contribution in [2.75, 3.05) is 12.9 Å². The van der Waals surface area contributed by atoms with Crippen LogP contribution in [-0.2, 0) is 4.79 Å². The van der Waals surface area contributed by atoms with Crippen molar-refractivity contribution in [2.45, 2.75) is 24.5 Å². The third kappa shape index (κ3) is 4.95. The monoisotopic (exact) mass is 484 g/mol. The number of hydrogen-bond acceptors (Lipinski definition) is 7. The average Bonchev–Trinajstić information content (AvgIpc) is 3.56. The van der Waals surface area contributed by atoms with Crippen LogP contribution < -0.4 is 4.74 Å². The minimum Gasteiger partial charge on any atom is -0.497 e. The van der Waals surface area contributed by atoms with Crippen LogP contribution in [0.15, 0.2) is 89.1 Å². The molecular formula is C26H24N6O2S. The van der Waals surface area contributed by atoms with E-state index in [1.54, 1.807) is 16.8 Å². The van der Waals surface area contributed by atoms with Crippen molar-refractivity contribution in [1.29, 1.82) is 0 Å². The van der Waals surface area contributed by atoms with E-state index >= 15 is 0 Å². The molecule has 0 bridgehead atoms. The summed E-state index contributed by atoms with van der Waals surface area (Å²) in [5.74, 6) is 0.817. The molecule has 9 heteroatoms. The Bertz CT molecular complexity index is 1350. The number of aromatic nitrogens is 4. The van der Waals surface area contributed by atoms with E-state index in [9.17, 15) is 4.79 Å². The molecule has 176 valence electrons. The third-order valence-corrected chi connectivity index (χ3v) is 6.69. The first-order chi connectivity index (χ1) is 17.1. The van der Waals surface area contributed by atoms with E-state index in [4.69, 9.17) is 9.84 Å². The smallest absolute Gasteiger partial charge is 0.253 e. The van der Waals surface area contributed by atoms with Crippen molar-refractivity contribution in [3.05, 3.63) is 95.6 Å². The Balaban J connectivity index is 1.38. The number of hydrogen-bond donors (Lipinski definition) is 0. The predicted octanol–water partition coefficient (Wildman–Crippen LogP) is 4.45. The van der Waals surface area contributed by atoms with E-state index in [1.165, 1.54) is 11.8 Å². The van der Waals surface area contributed by atoms with Crippen LogP contribution in [-0.4, -0.2) is 49.7 Å². The maximum absolute atomic E-state index is 13.4. The fourth-order valence-corrected chi connectivity index (χ4v) is 4.76. The number of amides is 1. The van der Waals surface area contributed by atoms with Gasteiger partial charge in [0.25, 0.3) is 5.91 Å². The Morgan fingerprint density at radius 2 is 1.86 bits per heavy atom. The van der Waals surface area contributed by atoms with Gasteiger partial charge in [-0.15, -0.1) is 5.10 Å². The molecule has 1 atom stereocenters. The van der Waals surface area contributed by atoms with Crippen molar-refractivity contribution in [3.63, 3.8) is 0 Å². The summed E-state index contributed by atoms with van der Waals surface area (Å²) in [4.78, 5) is 13.4. The van der Waals surface area contributed by atoms with Gasteiger partial charge < -0.3 is 4.74 Å².